The lowest BCUT2D eigenvalue weighted by molar-refractivity contribution is 0.343. The Bertz CT molecular complexity index is 2950. The van der Waals surface area contributed by atoms with Crippen LogP contribution in [0.4, 0.5) is 0 Å². The first-order chi connectivity index (χ1) is 26.3. The van der Waals surface area contributed by atoms with Crippen molar-refractivity contribution >= 4 is 49.2 Å². The van der Waals surface area contributed by atoms with E-state index >= 15 is 0 Å². The molecule has 9 aromatic rings. The third-order valence-corrected chi connectivity index (χ3v) is 12.9. The summed E-state index contributed by atoms with van der Waals surface area (Å²) in [4.78, 5) is 0. The molecule has 2 heteroatoms. The van der Waals surface area contributed by atoms with Crippen molar-refractivity contribution in [2.45, 2.75) is 43.9 Å². The smallest absolute Gasteiger partial charge is 0.0641 e. The third kappa shape index (κ3) is 4.09. The molecule has 0 saturated heterocycles. The van der Waals surface area contributed by atoms with Crippen LogP contribution < -0.4 is 0 Å². The van der Waals surface area contributed by atoms with Gasteiger partial charge in [0.25, 0.3) is 0 Å². The van der Waals surface area contributed by atoms with Crippen LogP contribution in [0, 0.1) is 0 Å². The van der Waals surface area contributed by atoms with Gasteiger partial charge in [-0.05, 0) is 114 Å². The van der Waals surface area contributed by atoms with Gasteiger partial charge >= 0.3 is 0 Å². The van der Waals surface area contributed by atoms with Gasteiger partial charge in [0.2, 0.25) is 0 Å². The van der Waals surface area contributed by atoms with E-state index in [0.29, 0.717) is 11.8 Å². The maximum absolute atomic E-state index is 2.64. The Kier molecular flexibility index (Phi) is 6.22. The molecule has 2 aromatic heterocycles. The number of para-hydroxylation sites is 2. The first kappa shape index (κ1) is 29.5. The maximum Gasteiger partial charge on any atom is 0.0641 e. The van der Waals surface area contributed by atoms with Crippen molar-refractivity contribution in [1.29, 1.82) is 0 Å². The highest BCUT2D eigenvalue weighted by molar-refractivity contribution is 6.27. The summed E-state index contributed by atoms with van der Waals surface area (Å²) < 4.78 is 5.10. The molecular weight excluding hydrogens is 641 g/mol. The van der Waals surface area contributed by atoms with E-state index in [4.69, 9.17) is 0 Å². The number of nitrogens with zero attached hydrogens (tertiary/aromatic N) is 2. The van der Waals surface area contributed by atoms with E-state index < -0.39 is 0 Å². The van der Waals surface area contributed by atoms with Crippen LogP contribution in [0.5, 0.6) is 0 Å². The van der Waals surface area contributed by atoms with Crippen LogP contribution in [0.3, 0.4) is 0 Å². The van der Waals surface area contributed by atoms with Crippen LogP contribution in [0.15, 0.2) is 163 Å². The Morgan fingerprint density at radius 2 is 1.09 bits per heavy atom. The zero-order valence-electron chi connectivity index (χ0n) is 29.6. The normalized spacial score (nSPS) is 17.4. The summed E-state index contributed by atoms with van der Waals surface area (Å²) in [7, 11) is 0. The van der Waals surface area contributed by atoms with E-state index in [1.165, 1.54) is 126 Å². The van der Waals surface area contributed by atoms with E-state index in [1.807, 2.05) is 0 Å². The number of aromatic nitrogens is 2. The SMILES string of the molecule is c1ccc(C(=C2CCC2)c2ccc(-n3c4c5c(ccc4c4ccc6c(c7ccccc7n6-c6ccccc6)c43)C3CCC3c3ccccc3-5)cc2)cc1. The minimum Gasteiger partial charge on any atom is -0.309 e. The molecule has 2 saturated carbocycles. The topological polar surface area (TPSA) is 9.86 Å². The molecule has 0 radical (unpaired) electrons. The van der Waals surface area contributed by atoms with Crippen molar-refractivity contribution in [2.75, 3.05) is 0 Å². The molecule has 2 fully saturated rings. The highest BCUT2D eigenvalue weighted by atomic mass is 15.0. The molecule has 2 unspecified atom stereocenters. The van der Waals surface area contributed by atoms with Crippen LogP contribution >= 0.6 is 0 Å². The lowest BCUT2D eigenvalue weighted by Crippen LogP contribution is -2.26. The predicted octanol–water partition coefficient (Wildman–Crippen LogP) is 13.5. The number of rotatable bonds is 4. The highest BCUT2D eigenvalue weighted by Gasteiger charge is 2.41. The summed E-state index contributed by atoms with van der Waals surface area (Å²) in [5.74, 6) is 1.21. The minimum atomic E-state index is 0.584. The molecule has 2 heterocycles. The van der Waals surface area contributed by atoms with Crippen molar-refractivity contribution < 1.29 is 0 Å². The second-order valence-electron chi connectivity index (χ2n) is 15.4. The van der Waals surface area contributed by atoms with Gasteiger partial charge < -0.3 is 9.13 Å². The summed E-state index contributed by atoms with van der Waals surface area (Å²) in [6.07, 6.45) is 6.21. The molecule has 12 rings (SSSR count). The first-order valence-corrected chi connectivity index (χ1v) is 19.4. The van der Waals surface area contributed by atoms with Crippen molar-refractivity contribution in [2.24, 2.45) is 0 Å². The van der Waals surface area contributed by atoms with Crippen LogP contribution in [-0.4, -0.2) is 9.13 Å². The number of benzene rings is 7. The fourth-order valence-corrected chi connectivity index (χ4v) is 10.2. The molecule has 53 heavy (non-hydrogen) atoms. The molecule has 7 aromatic carbocycles. The summed E-state index contributed by atoms with van der Waals surface area (Å²) in [5, 5.41) is 5.23. The molecule has 3 aliphatic carbocycles. The Labute approximate surface area is 309 Å². The second kappa shape index (κ2) is 11.2. The molecule has 0 aliphatic heterocycles. The molecular formula is C51H38N2. The van der Waals surface area contributed by atoms with E-state index in [0.717, 1.165) is 0 Å². The molecule has 2 atom stereocenters. The van der Waals surface area contributed by atoms with Gasteiger partial charge in [-0.3, -0.25) is 0 Å². The highest BCUT2D eigenvalue weighted by Crippen LogP contribution is 2.59. The summed E-state index contributed by atoms with van der Waals surface area (Å²) >= 11 is 0. The van der Waals surface area contributed by atoms with Gasteiger partial charge in [-0.1, -0.05) is 127 Å². The van der Waals surface area contributed by atoms with Crippen molar-refractivity contribution in [3.05, 3.63) is 186 Å². The van der Waals surface area contributed by atoms with Crippen molar-refractivity contribution in [1.82, 2.24) is 9.13 Å². The summed E-state index contributed by atoms with van der Waals surface area (Å²) in [5.41, 5.74) is 19.0. The fraction of sp³-hybridized carbons (Fsp3) is 0.137. The van der Waals surface area contributed by atoms with Gasteiger partial charge in [-0.2, -0.15) is 0 Å². The van der Waals surface area contributed by atoms with Gasteiger partial charge in [0.1, 0.15) is 0 Å². The summed E-state index contributed by atoms with van der Waals surface area (Å²) in [6.45, 7) is 0. The molecule has 2 nitrogen and oxygen atoms in total. The Hall–Kier alpha value is -6.12. The minimum absolute atomic E-state index is 0.584. The van der Waals surface area contributed by atoms with Crippen LogP contribution in [-0.2, 0) is 0 Å². The Morgan fingerprint density at radius 3 is 1.87 bits per heavy atom. The second-order valence-corrected chi connectivity index (χ2v) is 15.4. The fourth-order valence-electron chi connectivity index (χ4n) is 10.2. The van der Waals surface area contributed by atoms with Gasteiger partial charge in [-0.25, -0.2) is 0 Å². The number of hydrogen-bond donors (Lipinski definition) is 0. The third-order valence-electron chi connectivity index (χ3n) is 12.9. The van der Waals surface area contributed by atoms with Gasteiger partial charge in [-0.15, -0.1) is 0 Å². The molecule has 3 aliphatic rings. The zero-order valence-corrected chi connectivity index (χ0v) is 29.6. The molecule has 0 bridgehead atoms. The predicted molar refractivity (Wildman–Crippen MR) is 222 cm³/mol. The largest absolute Gasteiger partial charge is 0.309 e. The van der Waals surface area contributed by atoms with Crippen LogP contribution in [0.2, 0.25) is 0 Å². The van der Waals surface area contributed by atoms with E-state index in [1.54, 1.807) is 5.57 Å². The van der Waals surface area contributed by atoms with Crippen molar-refractivity contribution in [3.63, 3.8) is 0 Å². The lowest BCUT2D eigenvalue weighted by Gasteiger charge is -2.43. The van der Waals surface area contributed by atoms with E-state index in [9.17, 15) is 0 Å². The average molecular weight is 679 g/mol. The molecule has 0 N–H and O–H groups in total. The van der Waals surface area contributed by atoms with Gasteiger partial charge in [0, 0.05) is 38.5 Å². The summed E-state index contributed by atoms with van der Waals surface area (Å²) in [6, 6.07) is 59.4. The van der Waals surface area contributed by atoms with Crippen molar-refractivity contribution in [3.8, 4) is 22.5 Å². The maximum atomic E-state index is 2.64. The number of hydrogen-bond acceptors (Lipinski definition) is 0. The monoisotopic (exact) mass is 678 g/mol. The van der Waals surface area contributed by atoms with E-state index in [-0.39, 0.29) is 0 Å². The van der Waals surface area contributed by atoms with Crippen LogP contribution in [0.25, 0.3) is 71.7 Å². The molecule has 0 amide bonds. The molecule has 0 spiro atoms. The molecule has 252 valence electrons. The van der Waals surface area contributed by atoms with Gasteiger partial charge in [0.15, 0.2) is 0 Å². The zero-order chi connectivity index (χ0) is 34.6. The lowest BCUT2D eigenvalue weighted by atomic mass is 9.60. The van der Waals surface area contributed by atoms with Crippen LogP contribution in [0.1, 0.15) is 66.2 Å². The Balaban J connectivity index is 1.21. The first-order valence-electron chi connectivity index (χ1n) is 19.4. The van der Waals surface area contributed by atoms with E-state index in [2.05, 4.69) is 167 Å². The Morgan fingerprint density at radius 1 is 0.453 bits per heavy atom. The number of fused-ring (bicyclic) bond motifs is 14. The standard InChI is InChI=1S/C51H38N2/c1-3-12-32(13-4-1)47(33-14-11-15-33)34-22-24-36(25-23-34)53-50-42(29-28-41-39-27-26-38(39)37-18-7-8-19-40(37)48(41)50)43-30-31-46-49(51(43)53)44-20-9-10-21-45(44)52(46)35-16-5-2-6-17-35/h1-10,12-13,16-25,28-31,38-39H,11,14-15,26-27H2. The van der Waals surface area contributed by atoms with Gasteiger partial charge in [0.05, 0.1) is 22.1 Å². The number of allylic oxidation sites excluding steroid dienone is 1. The quantitative estimate of drug-likeness (QED) is 0.175. The average Bonchev–Trinajstić information content (AvgIpc) is 3.70.